The molecule has 0 aliphatic rings. The summed E-state index contributed by atoms with van der Waals surface area (Å²) < 4.78 is 29.0. The van der Waals surface area contributed by atoms with Crippen molar-refractivity contribution in [2.45, 2.75) is 11.1 Å². The fraction of sp³-hybridized carbons (Fsp3) is 0.0909. The number of halogens is 2. The van der Waals surface area contributed by atoms with Gasteiger partial charge >= 0.3 is 0 Å². The Kier molecular flexibility index (Phi) is 4.35. The third-order valence-corrected chi connectivity index (χ3v) is 6.84. The van der Waals surface area contributed by atoms with Crippen molar-refractivity contribution in [2.24, 2.45) is 0 Å². The van der Waals surface area contributed by atoms with Crippen LogP contribution in [0.2, 0.25) is 0 Å². The van der Waals surface area contributed by atoms with Gasteiger partial charge < -0.3 is 0 Å². The first-order valence-electron chi connectivity index (χ1n) is 4.93. The highest BCUT2D eigenvalue weighted by Gasteiger charge is 2.18. The average molecular weight is 458 g/mol. The van der Waals surface area contributed by atoms with Crippen molar-refractivity contribution >= 4 is 65.6 Å². The smallest absolute Gasteiger partial charge is 0.271 e. The molecular formula is C11H9BrINO2S2. The SMILES string of the molecule is Cc1cc(S(=O)(=O)Nc2cccc(I)c2)sc1Br. The molecule has 0 bridgehead atoms. The normalized spacial score (nSPS) is 11.5. The molecule has 18 heavy (non-hydrogen) atoms. The van der Waals surface area contributed by atoms with E-state index in [0.29, 0.717) is 9.90 Å². The van der Waals surface area contributed by atoms with Gasteiger partial charge in [0.05, 0.1) is 3.79 Å². The first-order valence-corrected chi connectivity index (χ1v) is 9.10. The van der Waals surface area contributed by atoms with Crippen LogP contribution < -0.4 is 4.72 Å². The predicted molar refractivity (Wildman–Crippen MR) is 86.7 cm³/mol. The Balaban J connectivity index is 2.33. The average Bonchev–Trinajstić information content (AvgIpc) is 2.59. The molecule has 0 amide bonds. The third-order valence-electron chi connectivity index (χ3n) is 2.18. The van der Waals surface area contributed by atoms with Crippen LogP contribution >= 0.6 is 49.9 Å². The van der Waals surface area contributed by atoms with E-state index in [1.54, 1.807) is 18.2 Å². The van der Waals surface area contributed by atoms with Crippen molar-refractivity contribution < 1.29 is 8.42 Å². The quantitative estimate of drug-likeness (QED) is 0.701. The minimum absolute atomic E-state index is 0.311. The van der Waals surface area contributed by atoms with Gasteiger partial charge in [-0.05, 0) is 75.3 Å². The van der Waals surface area contributed by atoms with Crippen molar-refractivity contribution in [1.82, 2.24) is 0 Å². The second-order valence-corrected chi connectivity index (χ2v) is 9.16. The zero-order valence-electron chi connectivity index (χ0n) is 9.28. The van der Waals surface area contributed by atoms with E-state index in [1.165, 1.54) is 11.3 Å². The molecule has 0 saturated heterocycles. The molecule has 96 valence electrons. The van der Waals surface area contributed by atoms with Crippen LogP contribution in [-0.4, -0.2) is 8.42 Å². The van der Waals surface area contributed by atoms with Crippen LogP contribution in [0, 0.1) is 10.5 Å². The van der Waals surface area contributed by atoms with E-state index in [1.807, 2.05) is 19.1 Å². The fourth-order valence-corrected chi connectivity index (χ4v) is 5.14. The van der Waals surface area contributed by atoms with Gasteiger partial charge in [0.2, 0.25) is 0 Å². The maximum absolute atomic E-state index is 12.2. The van der Waals surface area contributed by atoms with Crippen molar-refractivity contribution in [2.75, 3.05) is 4.72 Å². The zero-order chi connectivity index (χ0) is 13.3. The lowest BCUT2D eigenvalue weighted by Gasteiger charge is -2.06. The summed E-state index contributed by atoms with van der Waals surface area (Å²) in [5.41, 5.74) is 1.49. The van der Waals surface area contributed by atoms with Gasteiger partial charge in [-0.1, -0.05) is 6.07 Å². The molecule has 0 aliphatic carbocycles. The van der Waals surface area contributed by atoms with E-state index in [2.05, 4.69) is 43.2 Å². The van der Waals surface area contributed by atoms with Gasteiger partial charge in [-0.2, -0.15) is 0 Å². The molecule has 0 radical (unpaired) electrons. The molecule has 1 aromatic carbocycles. The lowest BCUT2D eigenvalue weighted by atomic mass is 10.3. The van der Waals surface area contributed by atoms with Gasteiger partial charge in [0.1, 0.15) is 4.21 Å². The van der Waals surface area contributed by atoms with Crippen molar-refractivity contribution in [1.29, 1.82) is 0 Å². The van der Waals surface area contributed by atoms with E-state index >= 15 is 0 Å². The number of rotatable bonds is 3. The van der Waals surface area contributed by atoms with E-state index in [9.17, 15) is 8.42 Å². The van der Waals surface area contributed by atoms with Crippen LogP contribution in [0.25, 0.3) is 0 Å². The molecule has 0 fully saturated rings. The highest BCUT2D eigenvalue weighted by molar-refractivity contribution is 14.1. The standard InChI is InChI=1S/C11H9BrINO2S2/c1-7-5-10(17-11(7)12)18(15,16)14-9-4-2-3-8(13)6-9/h2-6,14H,1H3. The molecule has 1 N–H and O–H groups in total. The Morgan fingerprint density at radius 2 is 2.06 bits per heavy atom. The Bertz CT molecular complexity index is 663. The molecule has 0 atom stereocenters. The zero-order valence-corrected chi connectivity index (χ0v) is 14.7. The Hall–Kier alpha value is -0.120. The van der Waals surface area contributed by atoms with Gasteiger partial charge in [0, 0.05) is 9.26 Å². The summed E-state index contributed by atoms with van der Waals surface area (Å²) in [5, 5.41) is 0. The van der Waals surface area contributed by atoms with Crippen molar-refractivity contribution in [3.8, 4) is 0 Å². The number of nitrogens with one attached hydrogen (secondary N) is 1. The first kappa shape index (κ1) is 14.3. The number of thiophene rings is 1. The summed E-state index contributed by atoms with van der Waals surface area (Å²) in [7, 11) is -3.50. The molecule has 2 rings (SSSR count). The first-order chi connectivity index (χ1) is 8.38. The van der Waals surface area contributed by atoms with Crippen LogP contribution in [0.15, 0.2) is 38.3 Å². The molecule has 0 aliphatic heterocycles. The summed E-state index contributed by atoms with van der Waals surface area (Å²) in [4.78, 5) is 0. The second-order valence-electron chi connectivity index (χ2n) is 3.64. The molecule has 2 aromatic rings. The van der Waals surface area contributed by atoms with Gasteiger partial charge in [0.25, 0.3) is 10.0 Å². The van der Waals surface area contributed by atoms with Crippen molar-refractivity contribution in [3.63, 3.8) is 0 Å². The molecule has 1 heterocycles. The summed E-state index contributed by atoms with van der Waals surface area (Å²) in [5.74, 6) is 0. The van der Waals surface area contributed by atoms with E-state index < -0.39 is 10.0 Å². The lowest BCUT2D eigenvalue weighted by Crippen LogP contribution is -2.11. The van der Waals surface area contributed by atoms with E-state index in [4.69, 9.17) is 0 Å². The Labute approximate surface area is 132 Å². The number of sulfonamides is 1. The number of benzene rings is 1. The maximum Gasteiger partial charge on any atom is 0.271 e. The monoisotopic (exact) mass is 457 g/mol. The summed E-state index contributed by atoms with van der Waals surface area (Å²) >= 11 is 6.68. The van der Waals surface area contributed by atoms with Crippen LogP contribution in [0.1, 0.15) is 5.56 Å². The van der Waals surface area contributed by atoms with Crippen LogP contribution in [0.3, 0.4) is 0 Å². The minimum atomic E-state index is -3.50. The largest absolute Gasteiger partial charge is 0.279 e. The van der Waals surface area contributed by atoms with Gasteiger partial charge in [-0.15, -0.1) is 11.3 Å². The lowest BCUT2D eigenvalue weighted by molar-refractivity contribution is 0.603. The highest BCUT2D eigenvalue weighted by Crippen LogP contribution is 2.31. The predicted octanol–water partition coefficient (Wildman–Crippen LogP) is 4.22. The van der Waals surface area contributed by atoms with Crippen LogP contribution in [0.5, 0.6) is 0 Å². The summed E-state index contributed by atoms with van der Waals surface area (Å²) in [6, 6.07) is 8.90. The van der Waals surface area contributed by atoms with Gasteiger partial charge in [-0.25, -0.2) is 8.42 Å². The summed E-state index contributed by atoms with van der Waals surface area (Å²) in [6.07, 6.45) is 0. The molecule has 1 aromatic heterocycles. The maximum atomic E-state index is 12.2. The summed E-state index contributed by atoms with van der Waals surface area (Å²) in [6.45, 7) is 1.87. The van der Waals surface area contributed by atoms with Crippen LogP contribution in [-0.2, 0) is 10.0 Å². The topological polar surface area (TPSA) is 46.2 Å². The van der Waals surface area contributed by atoms with E-state index in [-0.39, 0.29) is 0 Å². The fourth-order valence-electron chi connectivity index (χ4n) is 1.32. The number of anilines is 1. The number of hydrogen-bond acceptors (Lipinski definition) is 3. The number of aryl methyl sites for hydroxylation is 1. The molecule has 3 nitrogen and oxygen atoms in total. The second kappa shape index (κ2) is 5.48. The van der Waals surface area contributed by atoms with Crippen molar-refractivity contribution in [3.05, 3.63) is 43.3 Å². The Morgan fingerprint density at radius 1 is 1.33 bits per heavy atom. The minimum Gasteiger partial charge on any atom is -0.279 e. The number of hydrogen-bond donors (Lipinski definition) is 1. The molecule has 0 spiro atoms. The van der Waals surface area contributed by atoms with E-state index in [0.717, 1.165) is 12.9 Å². The Morgan fingerprint density at radius 3 is 2.61 bits per heavy atom. The van der Waals surface area contributed by atoms with Gasteiger partial charge in [-0.3, -0.25) is 4.72 Å². The molecule has 0 unspecified atom stereocenters. The highest BCUT2D eigenvalue weighted by atomic mass is 127. The van der Waals surface area contributed by atoms with Crippen LogP contribution in [0.4, 0.5) is 5.69 Å². The molecule has 7 heteroatoms. The third kappa shape index (κ3) is 3.25. The molecule has 0 saturated carbocycles. The van der Waals surface area contributed by atoms with Gasteiger partial charge in [0.15, 0.2) is 0 Å². The molecular weight excluding hydrogens is 449 g/mol.